The predicted octanol–water partition coefficient (Wildman–Crippen LogP) is 4.06. The number of ketones is 1. The lowest BCUT2D eigenvalue weighted by Crippen LogP contribution is -1.92. The number of carbonyl (C=O) groups excluding carboxylic acids is 1. The molecule has 2 aromatic carbocycles. The Hall–Kier alpha value is -3.01. The molecule has 0 bridgehead atoms. The van der Waals surface area contributed by atoms with Crippen LogP contribution in [-0.4, -0.2) is 12.6 Å². The van der Waals surface area contributed by atoms with Gasteiger partial charge in [0.1, 0.15) is 5.58 Å². The van der Waals surface area contributed by atoms with Crippen LogP contribution < -0.4 is 9.47 Å². The van der Waals surface area contributed by atoms with Crippen molar-refractivity contribution in [3.05, 3.63) is 65.9 Å². The van der Waals surface area contributed by atoms with Crippen LogP contribution in [0, 0.1) is 0 Å². The van der Waals surface area contributed by atoms with Crippen LogP contribution >= 0.6 is 0 Å². The number of carbonyl (C=O) groups is 1. The molecule has 0 amide bonds. The normalized spacial score (nSPS) is 13.1. The van der Waals surface area contributed by atoms with E-state index in [0.29, 0.717) is 17.1 Å². The van der Waals surface area contributed by atoms with Crippen molar-refractivity contribution in [2.45, 2.75) is 0 Å². The SMILES string of the molecule is O=C(C=Cc1ccc2c(c1)OCO2)c1cc2ccccc2o1. The van der Waals surface area contributed by atoms with E-state index in [1.54, 1.807) is 12.1 Å². The highest BCUT2D eigenvalue weighted by Gasteiger charge is 2.13. The van der Waals surface area contributed by atoms with Gasteiger partial charge >= 0.3 is 0 Å². The van der Waals surface area contributed by atoms with Gasteiger partial charge in [0.25, 0.3) is 0 Å². The minimum Gasteiger partial charge on any atom is -0.454 e. The summed E-state index contributed by atoms with van der Waals surface area (Å²) in [5, 5.41) is 0.919. The molecule has 0 saturated heterocycles. The van der Waals surface area contributed by atoms with E-state index < -0.39 is 0 Å². The Morgan fingerprint density at radius 1 is 1.00 bits per heavy atom. The van der Waals surface area contributed by atoms with Gasteiger partial charge < -0.3 is 13.9 Å². The molecule has 0 spiro atoms. The number of ether oxygens (including phenoxy) is 2. The van der Waals surface area contributed by atoms with Gasteiger partial charge in [0, 0.05) is 5.39 Å². The third-order valence-electron chi connectivity index (χ3n) is 3.49. The number of benzene rings is 2. The number of furan rings is 1. The van der Waals surface area contributed by atoms with Gasteiger partial charge in [0.05, 0.1) is 0 Å². The highest BCUT2D eigenvalue weighted by Crippen LogP contribution is 2.32. The summed E-state index contributed by atoms with van der Waals surface area (Å²) in [6.07, 6.45) is 3.23. The van der Waals surface area contributed by atoms with Crippen LogP contribution in [0.4, 0.5) is 0 Å². The van der Waals surface area contributed by atoms with E-state index in [0.717, 1.165) is 16.7 Å². The molecule has 0 N–H and O–H groups in total. The van der Waals surface area contributed by atoms with Gasteiger partial charge in [0.15, 0.2) is 17.3 Å². The second-order valence-corrected chi connectivity index (χ2v) is 4.96. The quantitative estimate of drug-likeness (QED) is 0.539. The number of rotatable bonds is 3. The Labute approximate surface area is 126 Å². The van der Waals surface area contributed by atoms with Gasteiger partial charge in [0.2, 0.25) is 12.6 Å². The van der Waals surface area contributed by atoms with Crippen LogP contribution in [0.5, 0.6) is 11.5 Å². The van der Waals surface area contributed by atoms with Gasteiger partial charge in [-0.25, -0.2) is 0 Å². The zero-order valence-electron chi connectivity index (χ0n) is 11.6. The number of allylic oxidation sites excluding steroid dienone is 1. The van der Waals surface area contributed by atoms with Crippen molar-refractivity contribution >= 4 is 22.8 Å². The molecule has 0 fully saturated rings. The molecule has 0 aliphatic carbocycles. The molecular formula is C18H12O4. The topological polar surface area (TPSA) is 48.7 Å². The summed E-state index contributed by atoms with van der Waals surface area (Å²) in [5.41, 5.74) is 1.58. The van der Waals surface area contributed by atoms with Gasteiger partial charge in [-0.2, -0.15) is 0 Å². The summed E-state index contributed by atoms with van der Waals surface area (Å²) in [6, 6.07) is 14.8. The van der Waals surface area contributed by atoms with Crippen molar-refractivity contribution in [3.8, 4) is 11.5 Å². The van der Waals surface area contributed by atoms with E-state index in [2.05, 4.69) is 0 Å². The average Bonchev–Trinajstić information content (AvgIpc) is 3.18. The zero-order chi connectivity index (χ0) is 14.9. The van der Waals surface area contributed by atoms with Gasteiger partial charge in [-0.1, -0.05) is 30.3 Å². The van der Waals surface area contributed by atoms with Crippen molar-refractivity contribution < 1.29 is 18.7 Å². The summed E-state index contributed by atoms with van der Waals surface area (Å²) >= 11 is 0. The molecule has 1 aromatic heterocycles. The Kier molecular flexibility index (Phi) is 2.93. The first-order valence-corrected chi connectivity index (χ1v) is 6.90. The molecule has 3 aromatic rings. The lowest BCUT2D eigenvalue weighted by atomic mass is 10.1. The molecule has 0 radical (unpaired) electrons. The van der Waals surface area contributed by atoms with Gasteiger partial charge in [-0.05, 0) is 35.9 Å². The third kappa shape index (κ3) is 2.24. The fourth-order valence-electron chi connectivity index (χ4n) is 2.37. The van der Waals surface area contributed by atoms with E-state index >= 15 is 0 Å². The van der Waals surface area contributed by atoms with Gasteiger partial charge in [-0.3, -0.25) is 4.79 Å². The average molecular weight is 292 g/mol. The van der Waals surface area contributed by atoms with Crippen molar-refractivity contribution in [1.29, 1.82) is 0 Å². The van der Waals surface area contributed by atoms with E-state index in [1.807, 2.05) is 42.5 Å². The largest absolute Gasteiger partial charge is 0.454 e. The Morgan fingerprint density at radius 3 is 2.77 bits per heavy atom. The predicted molar refractivity (Wildman–Crippen MR) is 82.1 cm³/mol. The lowest BCUT2D eigenvalue weighted by molar-refractivity contribution is 0.102. The monoisotopic (exact) mass is 292 g/mol. The van der Waals surface area contributed by atoms with Crippen LogP contribution in [0.15, 0.2) is 59.0 Å². The minimum atomic E-state index is -0.172. The lowest BCUT2D eigenvalue weighted by Gasteiger charge is -1.97. The highest BCUT2D eigenvalue weighted by atomic mass is 16.7. The van der Waals surface area contributed by atoms with Crippen molar-refractivity contribution in [1.82, 2.24) is 0 Å². The first-order chi connectivity index (χ1) is 10.8. The molecule has 4 heteroatoms. The van der Waals surface area contributed by atoms with Gasteiger partial charge in [-0.15, -0.1) is 0 Å². The third-order valence-corrected chi connectivity index (χ3v) is 3.49. The molecule has 0 atom stereocenters. The summed E-state index contributed by atoms with van der Waals surface area (Å²) in [5.74, 6) is 1.58. The maximum atomic E-state index is 12.2. The fourth-order valence-corrected chi connectivity index (χ4v) is 2.37. The van der Waals surface area contributed by atoms with Crippen molar-refractivity contribution in [2.75, 3.05) is 6.79 Å². The molecule has 22 heavy (non-hydrogen) atoms. The standard InChI is InChI=1S/C18H12O4/c19-14(17-10-13-3-1-2-4-15(13)22-17)7-5-12-6-8-16-18(9-12)21-11-20-16/h1-10H,11H2. The van der Waals surface area contributed by atoms with Crippen LogP contribution in [0.2, 0.25) is 0 Å². The fraction of sp³-hybridized carbons (Fsp3) is 0.0556. The van der Waals surface area contributed by atoms with Crippen LogP contribution in [0.25, 0.3) is 17.0 Å². The first kappa shape index (κ1) is 12.7. The first-order valence-electron chi connectivity index (χ1n) is 6.90. The maximum absolute atomic E-state index is 12.2. The zero-order valence-corrected chi connectivity index (χ0v) is 11.6. The number of hydrogen-bond donors (Lipinski definition) is 0. The molecule has 108 valence electrons. The maximum Gasteiger partial charge on any atom is 0.231 e. The number of hydrogen-bond acceptors (Lipinski definition) is 4. The second-order valence-electron chi connectivity index (χ2n) is 4.96. The minimum absolute atomic E-state index is 0.172. The van der Waals surface area contributed by atoms with E-state index in [9.17, 15) is 4.79 Å². The molecule has 1 aliphatic rings. The molecule has 0 saturated carbocycles. The summed E-state index contributed by atoms with van der Waals surface area (Å²) < 4.78 is 16.1. The highest BCUT2D eigenvalue weighted by molar-refractivity contribution is 6.06. The van der Waals surface area contributed by atoms with E-state index in [1.165, 1.54) is 6.08 Å². The molecule has 1 aliphatic heterocycles. The van der Waals surface area contributed by atoms with E-state index in [4.69, 9.17) is 13.9 Å². The Morgan fingerprint density at radius 2 is 1.86 bits per heavy atom. The Balaban J connectivity index is 1.58. The number of para-hydroxylation sites is 1. The van der Waals surface area contributed by atoms with E-state index in [-0.39, 0.29) is 12.6 Å². The van der Waals surface area contributed by atoms with Crippen LogP contribution in [-0.2, 0) is 0 Å². The number of fused-ring (bicyclic) bond motifs is 2. The van der Waals surface area contributed by atoms with Crippen LogP contribution in [0.1, 0.15) is 16.1 Å². The van der Waals surface area contributed by atoms with Crippen LogP contribution in [0.3, 0.4) is 0 Å². The Bertz CT molecular complexity index is 856. The molecule has 2 heterocycles. The molecule has 4 nitrogen and oxygen atoms in total. The second kappa shape index (κ2) is 5.07. The van der Waals surface area contributed by atoms with Crippen molar-refractivity contribution in [2.24, 2.45) is 0 Å². The molecular weight excluding hydrogens is 280 g/mol. The van der Waals surface area contributed by atoms with Crippen molar-refractivity contribution in [3.63, 3.8) is 0 Å². The molecule has 0 unspecified atom stereocenters. The smallest absolute Gasteiger partial charge is 0.231 e. The summed E-state index contributed by atoms with van der Waals surface area (Å²) in [6.45, 7) is 0.237. The summed E-state index contributed by atoms with van der Waals surface area (Å²) in [7, 11) is 0. The summed E-state index contributed by atoms with van der Waals surface area (Å²) in [4.78, 5) is 12.2. The molecule has 4 rings (SSSR count).